The predicted molar refractivity (Wildman–Crippen MR) is 136 cm³/mol. The molecule has 1 saturated heterocycles. The quantitative estimate of drug-likeness (QED) is 0.371. The lowest BCUT2D eigenvalue weighted by molar-refractivity contribution is -0.113. The number of amides is 1. The smallest absolute Gasteiger partial charge is 0.234 e. The molecule has 3 aromatic rings. The van der Waals surface area contributed by atoms with Crippen LogP contribution in [0.4, 0.5) is 11.4 Å². The van der Waals surface area contributed by atoms with E-state index in [0.717, 1.165) is 46.3 Å². The van der Waals surface area contributed by atoms with Crippen molar-refractivity contribution in [2.45, 2.75) is 51.0 Å². The monoisotopic (exact) mass is 529 g/mol. The van der Waals surface area contributed by atoms with Gasteiger partial charge in [0, 0.05) is 16.8 Å². The molecule has 0 radical (unpaired) electrons. The third kappa shape index (κ3) is 6.37. The lowest BCUT2D eigenvalue weighted by Gasteiger charge is -2.16. The molecule has 2 aromatic carbocycles. The molecular weight excluding hydrogens is 502 g/mol. The number of hydrogen-bond acceptors (Lipinski definition) is 6. The summed E-state index contributed by atoms with van der Waals surface area (Å²) in [6.07, 6.45) is 2.24. The maximum absolute atomic E-state index is 12.5. The molecule has 2 heterocycles. The number of nitrogens with one attached hydrogen (secondary N) is 2. The van der Waals surface area contributed by atoms with Gasteiger partial charge in [-0.1, -0.05) is 41.6 Å². The minimum absolute atomic E-state index is 0.0893. The van der Waals surface area contributed by atoms with Crippen molar-refractivity contribution in [2.24, 2.45) is 0 Å². The summed E-state index contributed by atoms with van der Waals surface area (Å²) in [4.78, 5) is 12.5. The topological polar surface area (TPSA) is 81.1 Å². The zero-order chi connectivity index (χ0) is 23.2. The highest BCUT2D eigenvalue weighted by Crippen LogP contribution is 2.25. The molecule has 1 aliphatic heterocycles. The molecule has 1 atom stereocenters. The Balaban J connectivity index is 1.44. The Hall–Kier alpha value is -2.36. The number of hydrogen-bond donors (Lipinski definition) is 2. The van der Waals surface area contributed by atoms with Gasteiger partial charge in [0.25, 0.3) is 0 Å². The van der Waals surface area contributed by atoms with Crippen molar-refractivity contribution < 1.29 is 9.53 Å². The van der Waals surface area contributed by atoms with Gasteiger partial charge >= 0.3 is 0 Å². The van der Waals surface area contributed by atoms with Crippen LogP contribution in [0.3, 0.4) is 0 Å². The average Bonchev–Trinajstić information content (AvgIpc) is 3.44. The van der Waals surface area contributed by atoms with Crippen molar-refractivity contribution in [1.29, 1.82) is 0 Å². The molecule has 1 aromatic heterocycles. The van der Waals surface area contributed by atoms with Gasteiger partial charge < -0.3 is 19.9 Å². The van der Waals surface area contributed by atoms with Gasteiger partial charge in [-0.3, -0.25) is 4.79 Å². The van der Waals surface area contributed by atoms with Gasteiger partial charge in [0.1, 0.15) is 0 Å². The van der Waals surface area contributed by atoms with Crippen LogP contribution < -0.4 is 10.6 Å². The highest BCUT2D eigenvalue weighted by atomic mass is 79.9. The molecule has 9 heteroatoms. The van der Waals surface area contributed by atoms with Gasteiger partial charge in [-0.05, 0) is 66.4 Å². The molecule has 0 saturated carbocycles. The molecule has 0 bridgehead atoms. The van der Waals surface area contributed by atoms with Crippen molar-refractivity contribution in [3.8, 4) is 0 Å². The first-order chi connectivity index (χ1) is 16.0. The Morgan fingerprint density at radius 3 is 2.82 bits per heavy atom. The van der Waals surface area contributed by atoms with Crippen LogP contribution in [0, 0.1) is 13.8 Å². The second-order valence-electron chi connectivity index (χ2n) is 8.13. The normalized spacial score (nSPS) is 15.5. The molecule has 0 aliphatic carbocycles. The van der Waals surface area contributed by atoms with E-state index >= 15 is 0 Å². The van der Waals surface area contributed by atoms with E-state index in [1.54, 1.807) is 0 Å². The number of para-hydroxylation sites is 1. The minimum Gasteiger partial charge on any atom is -0.378 e. The first-order valence-corrected chi connectivity index (χ1v) is 12.8. The molecule has 1 amide bonds. The van der Waals surface area contributed by atoms with E-state index in [2.05, 4.69) is 73.4 Å². The lowest BCUT2D eigenvalue weighted by atomic mass is 10.1. The Kier molecular flexibility index (Phi) is 8.06. The minimum atomic E-state index is -0.0893. The summed E-state index contributed by atoms with van der Waals surface area (Å²) < 4.78 is 8.80. The molecule has 1 fully saturated rings. The van der Waals surface area contributed by atoms with Crippen LogP contribution in [-0.4, -0.2) is 39.1 Å². The van der Waals surface area contributed by atoms with E-state index in [1.165, 1.54) is 22.9 Å². The van der Waals surface area contributed by atoms with Crippen molar-refractivity contribution in [2.75, 3.05) is 23.0 Å². The highest BCUT2D eigenvalue weighted by molar-refractivity contribution is 9.10. The van der Waals surface area contributed by atoms with Gasteiger partial charge in [0.05, 0.1) is 30.6 Å². The van der Waals surface area contributed by atoms with E-state index in [9.17, 15) is 4.79 Å². The number of aryl methyl sites for hydroxylation is 2. The fourth-order valence-electron chi connectivity index (χ4n) is 3.80. The third-order valence-electron chi connectivity index (χ3n) is 5.50. The number of carbonyl (C=O) groups excluding carboxylic acids is 1. The number of halogens is 1. The molecule has 33 heavy (non-hydrogen) atoms. The van der Waals surface area contributed by atoms with Gasteiger partial charge in [-0.15, -0.1) is 10.2 Å². The molecule has 0 unspecified atom stereocenters. The van der Waals surface area contributed by atoms with E-state index in [4.69, 9.17) is 4.74 Å². The summed E-state index contributed by atoms with van der Waals surface area (Å²) in [5, 5.41) is 16.0. The number of thioether (sulfide) groups is 1. The number of rotatable bonds is 9. The van der Waals surface area contributed by atoms with E-state index in [0.29, 0.717) is 13.1 Å². The molecule has 0 spiro atoms. The second kappa shape index (κ2) is 11.2. The standard InChI is InChI=1S/C24H28BrN5O2S/c1-16-9-10-20(17(2)12-16)26-13-22-28-29-24(30(22)14-18-6-5-11-32-18)33-15-23(31)27-21-8-4-3-7-19(21)25/h3-4,7-10,12,18,26H,5-6,11,13-15H2,1-2H3,(H,27,31)/t18-/m1/s1. The number of aromatic nitrogens is 3. The van der Waals surface area contributed by atoms with Crippen molar-refractivity contribution >= 4 is 45.0 Å². The van der Waals surface area contributed by atoms with Gasteiger partial charge in [0.2, 0.25) is 5.91 Å². The number of benzene rings is 2. The first-order valence-electron chi connectivity index (χ1n) is 11.0. The van der Waals surface area contributed by atoms with Crippen LogP contribution in [0.25, 0.3) is 0 Å². The number of nitrogens with zero attached hydrogens (tertiary/aromatic N) is 3. The zero-order valence-corrected chi connectivity index (χ0v) is 21.2. The lowest BCUT2D eigenvalue weighted by Crippen LogP contribution is -2.20. The fraction of sp³-hybridized carbons (Fsp3) is 0.375. The van der Waals surface area contributed by atoms with E-state index in [1.807, 2.05) is 24.3 Å². The number of carbonyl (C=O) groups is 1. The van der Waals surface area contributed by atoms with Crippen molar-refractivity contribution in [1.82, 2.24) is 14.8 Å². The van der Waals surface area contributed by atoms with Crippen LogP contribution in [0.15, 0.2) is 52.1 Å². The molecule has 2 N–H and O–H groups in total. The molecular formula is C24H28BrN5O2S. The molecule has 174 valence electrons. The van der Waals surface area contributed by atoms with Crippen LogP contribution in [0.2, 0.25) is 0 Å². The third-order valence-corrected chi connectivity index (χ3v) is 7.16. The largest absolute Gasteiger partial charge is 0.378 e. The fourth-order valence-corrected chi connectivity index (χ4v) is 4.95. The average molecular weight is 530 g/mol. The Morgan fingerprint density at radius 2 is 2.06 bits per heavy atom. The zero-order valence-electron chi connectivity index (χ0n) is 18.8. The molecule has 7 nitrogen and oxygen atoms in total. The number of ether oxygens (including phenoxy) is 1. The second-order valence-corrected chi connectivity index (χ2v) is 9.93. The van der Waals surface area contributed by atoms with E-state index < -0.39 is 0 Å². The van der Waals surface area contributed by atoms with Crippen molar-refractivity contribution in [3.63, 3.8) is 0 Å². The SMILES string of the molecule is Cc1ccc(NCc2nnc(SCC(=O)Nc3ccccc3Br)n2C[C@H]2CCCO2)c(C)c1. The predicted octanol–water partition coefficient (Wildman–Crippen LogP) is 5.18. The Labute approximate surface area is 206 Å². The first kappa shape index (κ1) is 23.8. The summed E-state index contributed by atoms with van der Waals surface area (Å²) in [6, 6.07) is 13.9. The maximum Gasteiger partial charge on any atom is 0.234 e. The van der Waals surface area contributed by atoms with Crippen LogP contribution in [0.1, 0.15) is 29.8 Å². The summed E-state index contributed by atoms with van der Waals surface area (Å²) in [7, 11) is 0. The maximum atomic E-state index is 12.5. The molecule has 1 aliphatic rings. The van der Waals surface area contributed by atoms with Gasteiger partial charge in [0.15, 0.2) is 11.0 Å². The van der Waals surface area contributed by atoms with Gasteiger partial charge in [-0.25, -0.2) is 0 Å². The van der Waals surface area contributed by atoms with Gasteiger partial charge in [-0.2, -0.15) is 0 Å². The van der Waals surface area contributed by atoms with E-state index in [-0.39, 0.29) is 17.8 Å². The Morgan fingerprint density at radius 1 is 1.21 bits per heavy atom. The van der Waals surface area contributed by atoms with Crippen LogP contribution in [-0.2, 0) is 22.6 Å². The summed E-state index contributed by atoms with van der Waals surface area (Å²) in [5.41, 5.74) is 4.26. The summed E-state index contributed by atoms with van der Waals surface area (Å²) in [6.45, 7) is 6.21. The van der Waals surface area contributed by atoms with Crippen molar-refractivity contribution in [3.05, 3.63) is 63.9 Å². The van der Waals surface area contributed by atoms with Crippen LogP contribution in [0.5, 0.6) is 0 Å². The van der Waals surface area contributed by atoms with Crippen LogP contribution >= 0.6 is 27.7 Å². The summed E-state index contributed by atoms with van der Waals surface area (Å²) in [5.74, 6) is 0.989. The summed E-state index contributed by atoms with van der Waals surface area (Å²) >= 11 is 4.85. The Bertz CT molecular complexity index is 1110. The molecule has 4 rings (SSSR count). The number of anilines is 2. The highest BCUT2D eigenvalue weighted by Gasteiger charge is 2.21.